The molecule has 0 aromatic heterocycles. The van der Waals surface area contributed by atoms with E-state index in [1.165, 1.54) is 4.90 Å². The molecule has 2 fully saturated rings. The normalized spacial score (nSPS) is 29.4. The van der Waals surface area contributed by atoms with E-state index >= 15 is 0 Å². The zero-order valence-corrected chi connectivity index (χ0v) is 15.2. The molecule has 27 heavy (non-hydrogen) atoms. The van der Waals surface area contributed by atoms with Crippen molar-refractivity contribution in [2.75, 3.05) is 23.8 Å². The van der Waals surface area contributed by atoms with E-state index in [1.54, 1.807) is 49.5 Å². The minimum Gasteiger partial charge on any atom is -0.324 e. The van der Waals surface area contributed by atoms with Crippen molar-refractivity contribution < 1.29 is 14.4 Å². The summed E-state index contributed by atoms with van der Waals surface area (Å²) in [5.41, 5.74) is 0.604. The minimum absolute atomic E-state index is 0.261. The molecular weight excluding hydrogens is 366 g/mol. The maximum atomic E-state index is 13.4. The molecule has 3 amide bonds. The first-order valence-corrected chi connectivity index (χ1v) is 9.09. The number of carbonyl (C=O) groups excluding carboxylic acids is 3. The van der Waals surface area contributed by atoms with Gasteiger partial charge in [0.15, 0.2) is 0 Å². The minimum atomic E-state index is -1.22. The lowest BCUT2D eigenvalue weighted by Crippen LogP contribution is -2.52. The van der Waals surface area contributed by atoms with Crippen LogP contribution in [0.5, 0.6) is 0 Å². The lowest BCUT2D eigenvalue weighted by atomic mass is 9.77. The first-order chi connectivity index (χ1) is 13.0. The highest BCUT2D eigenvalue weighted by atomic mass is 35.5. The third kappa shape index (κ3) is 1.91. The molecule has 3 aliphatic heterocycles. The summed E-state index contributed by atoms with van der Waals surface area (Å²) < 4.78 is 0. The van der Waals surface area contributed by atoms with Crippen LogP contribution in [-0.2, 0) is 19.9 Å². The number of benzene rings is 2. The van der Waals surface area contributed by atoms with Crippen LogP contribution < -0.4 is 10.2 Å². The number of amides is 3. The van der Waals surface area contributed by atoms with Crippen LogP contribution in [0.15, 0.2) is 48.5 Å². The number of halogens is 1. The van der Waals surface area contributed by atoms with Crippen molar-refractivity contribution in [2.45, 2.75) is 5.54 Å². The van der Waals surface area contributed by atoms with Crippen molar-refractivity contribution in [3.8, 4) is 0 Å². The van der Waals surface area contributed by atoms with Gasteiger partial charge in [-0.2, -0.15) is 0 Å². The molecule has 0 aliphatic carbocycles. The van der Waals surface area contributed by atoms with Crippen LogP contribution >= 0.6 is 11.6 Å². The van der Waals surface area contributed by atoms with E-state index in [2.05, 4.69) is 5.32 Å². The van der Waals surface area contributed by atoms with Gasteiger partial charge in [-0.15, -0.1) is 0 Å². The topological polar surface area (TPSA) is 69.7 Å². The van der Waals surface area contributed by atoms with Gasteiger partial charge in [-0.05, 0) is 37.4 Å². The van der Waals surface area contributed by atoms with Gasteiger partial charge in [0.2, 0.25) is 17.7 Å². The second-order valence-electron chi connectivity index (χ2n) is 7.22. The Labute approximate surface area is 160 Å². The summed E-state index contributed by atoms with van der Waals surface area (Å²) in [6.07, 6.45) is 0. The predicted molar refractivity (Wildman–Crippen MR) is 100 cm³/mol. The largest absolute Gasteiger partial charge is 0.324 e. The molecular formula is C20H16ClN3O3. The molecule has 2 saturated heterocycles. The number of nitrogens with zero attached hydrogens (tertiary/aromatic N) is 2. The average Bonchev–Trinajstić information content (AvgIpc) is 3.21. The fourth-order valence-electron chi connectivity index (χ4n) is 4.86. The van der Waals surface area contributed by atoms with Crippen LogP contribution in [-0.4, -0.2) is 36.2 Å². The molecule has 6 nitrogen and oxygen atoms in total. The Morgan fingerprint density at radius 1 is 1.07 bits per heavy atom. The SMILES string of the molecule is CN1CC2C(=O)N(c3ccccc3)C(=O)C2C12C(=O)Nc1ccc(Cl)cc12. The number of hydrogen-bond donors (Lipinski definition) is 1. The van der Waals surface area contributed by atoms with Gasteiger partial charge in [0.25, 0.3) is 0 Å². The standard InChI is InChI=1S/C20H16ClN3O3/c1-23-10-13-16(18(26)24(17(13)25)12-5-3-2-4-6-12)20(23)14-9-11(21)7-8-15(14)22-19(20)27/h2-9,13,16H,10H2,1H3,(H,22,27). The smallest absolute Gasteiger partial charge is 0.250 e. The number of fused-ring (bicyclic) bond motifs is 4. The summed E-state index contributed by atoms with van der Waals surface area (Å²) in [5, 5.41) is 3.35. The van der Waals surface area contributed by atoms with Gasteiger partial charge in [-0.25, -0.2) is 4.90 Å². The third-order valence-corrected chi connectivity index (χ3v) is 6.19. The summed E-state index contributed by atoms with van der Waals surface area (Å²) in [6.45, 7) is 0.331. The highest BCUT2D eigenvalue weighted by molar-refractivity contribution is 6.31. The highest BCUT2D eigenvalue weighted by Gasteiger charge is 2.70. The molecule has 3 heterocycles. The molecule has 0 saturated carbocycles. The molecule has 2 aromatic rings. The number of para-hydroxylation sites is 1. The van der Waals surface area contributed by atoms with E-state index < -0.39 is 17.4 Å². The Kier molecular flexibility index (Phi) is 3.30. The van der Waals surface area contributed by atoms with Gasteiger partial charge >= 0.3 is 0 Å². The summed E-state index contributed by atoms with van der Waals surface area (Å²) >= 11 is 6.19. The van der Waals surface area contributed by atoms with E-state index in [-0.39, 0.29) is 17.7 Å². The third-order valence-electron chi connectivity index (χ3n) is 5.95. The molecule has 2 aromatic carbocycles. The van der Waals surface area contributed by atoms with Crippen molar-refractivity contribution in [2.24, 2.45) is 11.8 Å². The number of likely N-dealkylation sites (tertiary alicyclic amines) is 1. The molecule has 1 spiro atoms. The van der Waals surface area contributed by atoms with Crippen molar-refractivity contribution in [1.82, 2.24) is 4.90 Å². The zero-order chi connectivity index (χ0) is 18.9. The Bertz CT molecular complexity index is 1010. The highest BCUT2D eigenvalue weighted by Crippen LogP contribution is 2.55. The van der Waals surface area contributed by atoms with Crippen LogP contribution in [0, 0.1) is 11.8 Å². The van der Waals surface area contributed by atoms with Crippen molar-refractivity contribution in [3.05, 3.63) is 59.1 Å². The Morgan fingerprint density at radius 3 is 2.56 bits per heavy atom. The first-order valence-electron chi connectivity index (χ1n) is 8.72. The summed E-state index contributed by atoms with van der Waals surface area (Å²) in [6, 6.07) is 14.0. The maximum absolute atomic E-state index is 13.4. The monoisotopic (exact) mass is 381 g/mol. The molecule has 0 radical (unpaired) electrons. The number of imide groups is 1. The number of hydrogen-bond acceptors (Lipinski definition) is 4. The van der Waals surface area contributed by atoms with Gasteiger partial charge in [-0.1, -0.05) is 29.8 Å². The summed E-state index contributed by atoms with van der Waals surface area (Å²) in [5.74, 6) is -2.24. The maximum Gasteiger partial charge on any atom is 0.250 e. The van der Waals surface area contributed by atoms with E-state index in [0.717, 1.165) is 0 Å². The van der Waals surface area contributed by atoms with Crippen LogP contribution in [0.4, 0.5) is 11.4 Å². The predicted octanol–water partition coefficient (Wildman–Crippen LogP) is 2.24. The molecule has 3 atom stereocenters. The Balaban J connectivity index is 1.69. The van der Waals surface area contributed by atoms with E-state index in [9.17, 15) is 14.4 Å². The molecule has 0 bridgehead atoms. The van der Waals surface area contributed by atoms with Crippen molar-refractivity contribution in [1.29, 1.82) is 0 Å². The zero-order valence-electron chi connectivity index (χ0n) is 14.5. The van der Waals surface area contributed by atoms with Crippen LogP contribution in [0.1, 0.15) is 5.56 Å². The van der Waals surface area contributed by atoms with E-state index in [4.69, 9.17) is 11.6 Å². The molecule has 1 N–H and O–H groups in total. The number of nitrogens with one attached hydrogen (secondary N) is 1. The Hall–Kier alpha value is -2.70. The molecule has 7 heteroatoms. The fourth-order valence-corrected chi connectivity index (χ4v) is 5.03. The van der Waals surface area contributed by atoms with Gasteiger partial charge < -0.3 is 5.32 Å². The second-order valence-corrected chi connectivity index (χ2v) is 7.66. The number of carbonyl (C=O) groups is 3. The van der Waals surface area contributed by atoms with Crippen molar-refractivity contribution >= 4 is 40.7 Å². The van der Waals surface area contributed by atoms with Gasteiger partial charge in [0, 0.05) is 22.8 Å². The molecule has 3 unspecified atom stereocenters. The Morgan fingerprint density at radius 2 is 1.81 bits per heavy atom. The molecule has 5 rings (SSSR count). The van der Waals surface area contributed by atoms with Crippen molar-refractivity contribution in [3.63, 3.8) is 0 Å². The molecule has 3 aliphatic rings. The van der Waals surface area contributed by atoms with Crippen LogP contribution in [0.2, 0.25) is 5.02 Å². The second kappa shape index (κ2) is 5.41. The quantitative estimate of drug-likeness (QED) is 0.769. The van der Waals surface area contributed by atoms with Crippen LogP contribution in [0.3, 0.4) is 0 Å². The molecule has 136 valence electrons. The van der Waals surface area contributed by atoms with Crippen LogP contribution in [0.25, 0.3) is 0 Å². The lowest BCUT2D eigenvalue weighted by molar-refractivity contribution is -0.134. The number of rotatable bonds is 1. The van der Waals surface area contributed by atoms with E-state index in [0.29, 0.717) is 28.5 Å². The van der Waals surface area contributed by atoms with Gasteiger partial charge in [-0.3, -0.25) is 19.3 Å². The lowest BCUT2D eigenvalue weighted by Gasteiger charge is -2.34. The van der Waals surface area contributed by atoms with Gasteiger partial charge in [0.05, 0.1) is 17.5 Å². The van der Waals surface area contributed by atoms with Gasteiger partial charge in [0.1, 0.15) is 5.54 Å². The number of anilines is 2. The first kappa shape index (κ1) is 16.5. The number of likely N-dealkylation sites (N-methyl/N-ethyl adjacent to an activating group) is 1. The average molecular weight is 382 g/mol. The summed E-state index contributed by atoms with van der Waals surface area (Å²) in [7, 11) is 1.78. The van der Waals surface area contributed by atoms with E-state index in [1.807, 2.05) is 11.0 Å². The summed E-state index contributed by atoms with van der Waals surface area (Å²) in [4.78, 5) is 42.7. The fraction of sp³-hybridized carbons (Fsp3) is 0.250.